The third kappa shape index (κ3) is 4.99. The zero-order valence-corrected chi connectivity index (χ0v) is 13.6. The first kappa shape index (κ1) is 16.2. The van der Waals surface area contributed by atoms with Crippen molar-refractivity contribution in [2.24, 2.45) is 0 Å². The van der Waals surface area contributed by atoms with Crippen LogP contribution >= 0.6 is 0 Å². The molecule has 0 saturated carbocycles. The highest BCUT2D eigenvalue weighted by Gasteiger charge is 2.26. The summed E-state index contributed by atoms with van der Waals surface area (Å²) in [6.45, 7) is 14.6. The van der Waals surface area contributed by atoms with E-state index in [0.717, 1.165) is 32.8 Å². The summed E-state index contributed by atoms with van der Waals surface area (Å²) in [7, 11) is 0. The molecule has 2 aliphatic rings. The van der Waals surface area contributed by atoms with Crippen LogP contribution in [0.3, 0.4) is 0 Å². The molecule has 4 heteroatoms. The summed E-state index contributed by atoms with van der Waals surface area (Å²) in [6, 6.07) is 1.33. The second-order valence-corrected chi connectivity index (χ2v) is 6.63. The van der Waals surface area contributed by atoms with Crippen LogP contribution in [0.5, 0.6) is 0 Å². The lowest BCUT2D eigenvalue weighted by molar-refractivity contribution is -0.0549. The summed E-state index contributed by atoms with van der Waals surface area (Å²) in [5.41, 5.74) is 0. The Morgan fingerprint density at radius 3 is 2.85 bits per heavy atom. The molecule has 2 heterocycles. The fourth-order valence-corrected chi connectivity index (χ4v) is 3.35. The van der Waals surface area contributed by atoms with Gasteiger partial charge in [0.2, 0.25) is 0 Å². The molecular weight excluding hydrogens is 250 g/mol. The van der Waals surface area contributed by atoms with Crippen LogP contribution < -0.4 is 5.32 Å². The average molecular weight is 283 g/mol. The number of piperidine rings is 1. The van der Waals surface area contributed by atoms with E-state index in [1.807, 2.05) is 0 Å². The first-order valence-corrected chi connectivity index (χ1v) is 8.50. The molecule has 0 spiro atoms. The van der Waals surface area contributed by atoms with E-state index in [-0.39, 0.29) is 0 Å². The predicted molar refractivity (Wildman–Crippen MR) is 84.2 cm³/mol. The lowest BCUT2D eigenvalue weighted by atomic mass is 10.0. The topological polar surface area (TPSA) is 27.7 Å². The normalized spacial score (nSPS) is 30.0. The Labute approximate surface area is 124 Å². The van der Waals surface area contributed by atoms with Crippen LogP contribution in [0.2, 0.25) is 0 Å². The minimum absolute atomic E-state index is 0.399. The summed E-state index contributed by atoms with van der Waals surface area (Å²) in [6.07, 6.45) is 4.28. The zero-order valence-electron chi connectivity index (χ0n) is 13.6. The van der Waals surface area contributed by atoms with Gasteiger partial charge in [0.1, 0.15) is 0 Å². The minimum atomic E-state index is 0.399. The lowest BCUT2D eigenvalue weighted by Crippen LogP contribution is -2.53. The molecule has 0 radical (unpaired) electrons. The van der Waals surface area contributed by atoms with Crippen molar-refractivity contribution in [2.45, 2.75) is 58.2 Å². The van der Waals surface area contributed by atoms with Crippen molar-refractivity contribution in [1.29, 1.82) is 0 Å². The van der Waals surface area contributed by atoms with Gasteiger partial charge in [0.15, 0.2) is 0 Å². The van der Waals surface area contributed by atoms with E-state index in [1.165, 1.54) is 32.4 Å². The van der Waals surface area contributed by atoms with Crippen LogP contribution in [0.1, 0.15) is 40.0 Å². The second kappa shape index (κ2) is 8.32. The number of hydrogen-bond acceptors (Lipinski definition) is 4. The standard InChI is InChI=1S/C16H33N3O/c1-4-7-17-15-6-5-8-18(11-15)12-16-13-19(14(2)3)9-10-20-16/h14-17H,4-13H2,1-3H3. The van der Waals surface area contributed by atoms with Crippen molar-refractivity contribution in [3.63, 3.8) is 0 Å². The number of morpholine rings is 1. The summed E-state index contributed by atoms with van der Waals surface area (Å²) in [5.74, 6) is 0. The van der Waals surface area contributed by atoms with E-state index in [0.29, 0.717) is 18.2 Å². The lowest BCUT2D eigenvalue weighted by Gasteiger charge is -2.40. The van der Waals surface area contributed by atoms with E-state index in [1.54, 1.807) is 0 Å². The van der Waals surface area contributed by atoms with Gasteiger partial charge in [0.05, 0.1) is 12.7 Å². The van der Waals surface area contributed by atoms with Crippen molar-refractivity contribution in [2.75, 3.05) is 45.9 Å². The quantitative estimate of drug-likeness (QED) is 0.801. The highest BCUT2D eigenvalue weighted by atomic mass is 16.5. The fourth-order valence-electron chi connectivity index (χ4n) is 3.35. The maximum atomic E-state index is 5.97. The van der Waals surface area contributed by atoms with Gasteiger partial charge in [-0.25, -0.2) is 0 Å². The van der Waals surface area contributed by atoms with E-state index < -0.39 is 0 Å². The molecule has 2 saturated heterocycles. The molecule has 0 amide bonds. The van der Waals surface area contributed by atoms with Crippen LogP contribution in [0.15, 0.2) is 0 Å². The Morgan fingerprint density at radius 1 is 1.25 bits per heavy atom. The van der Waals surface area contributed by atoms with E-state index in [9.17, 15) is 0 Å². The molecule has 2 atom stereocenters. The molecule has 0 aromatic carbocycles. The van der Waals surface area contributed by atoms with Crippen LogP contribution in [0.25, 0.3) is 0 Å². The van der Waals surface area contributed by atoms with Gasteiger partial charge in [-0.15, -0.1) is 0 Å². The highest BCUT2D eigenvalue weighted by molar-refractivity contribution is 4.82. The first-order chi connectivity index (χ1) is 9.69. The number of rotatable bonds is 6. The Balaban J connectivity index is 1.74. The monoisotopic (exact) mass is 283 g/mol. The molecule has 0 aliphatic carbocycles. The van der Waals surface area contributed by atoms with Gasteiger partial charge in [-0.1, -0.05) is 6.92 Å². The summed E-state index contributed by atoms with van der Waals surface area (Å²) >= 11 is 0. The van der Waals surface area contributed by atoms with Crippen LogP contribution in [-0.4, -0.2) is 73.9 Å². The van der Waals surface area contributed by atoms with Crippen LogP contribution in [0, 0.1) is 0 Å². The SMILES string of the molecule is CCCNC1CCCN(CC2CN(C(C)C)CCO2)C1. The summed E-state index contributed by atoms with van der Waals surface area (Å²) < 4.78 is 5.97. The van der Waals surface area contributed by atoms with Gasteiger partial charge < -0.3 is 10.1 Å². The van der Waals surface area contributed by atoms with Crippen molar-refractivity contribution in [1.82, 2.24) is 15.1 Å². The Bertz CT molecular complexity index is 272. The van der Waals surface area contributed by atoms with E-state index in [4.69, 9.17) is 4.74 Å². The Hall–Kier alpha value is -0.160. The predicted octanol–water partition coefficient (Wildman–Crippen LogP) is 1.56. The third-order valence-electron chi connectivity index (χ3n) is 4.55. The number of likely N-dealkylation sites (tertiary alicyclic amines) is 1. The maximum absolute atomic E-state index is 5.97. The van der Waals surface area contributed by atoms with Crippen LogP contribution in [0.4, 0.5) is 0 Å². The van der Waals surface area contributed by atoms with Crippen LogP contribution in [-0.2, 0) is 4.74 Å². The molecule has 2 rings (SSSR count). The molecule has 0 aromatic heterocycles. The maximum Gasteiger partial charge on any atom is 0.0829 e. The van der Waals surface area contributed by atoms with Gasteiger partial charge in [-0.2, -0.15) is 0 Å². The van der Waals surface area contributed by atoms with Gasteiger partial charge in [-0.3, -0.25) is 9.80 Å². The molecule has 2 aliphatic heterocycles. The van der Waals surface area contributed by atoms with Crippen molar-refractivity contribution in [3.8, 4) is 0 Å². The summed E-state index contributed by atoms with van der Waals surface area (Å²) in [4.78, 5) is 5.15. The molecule has 118 valence electrons. The van der Waals surface area contributed by atoms with E-state index in [2.05, 4.69) is 35.9 Å². The molecule has 2 fully saturated rings. The average Bonchev–Trinajstić information content (AvgIpc) is 2.46. The molecule has 2 unspecified atom stereocenters. The van der Waals surface area contributed by atoms with Gasteiger partial charge >= 0.3 is 0 Å². The largest absolute Gasteiger partial charge is 0.374 e. The minimum Gasteiger partial charge on any atom is -0.374 e. The Kier molecular flexibility index (Phi) is 6.75. The molecule has 1 N–H and O–H groups in total. The number of nitrogens with zero attached hydrogens (tertiary/aromatic N) is 2. The first-order valence-electron chi connectivity index (χ1n) is 8.50. The molecular formula is C16H33N3O. The zero-order chi connectivity index (χ0) is 14.4. The van der Waals surface area contributed by atoms with Gasteiger partial charge in [-0.05, 0) is 46.2 Å². The van der Waals surface area contributed by atoms with Crippen molar-refractivity contribution >= 4 is 0 Å². The Morgan fingerprint density at radius 2 is 2.10 bits per heavy atom. The molecule has 0 bridgehead atoms. The highest BCUT2D eigenvalue weighted by Crippen LogP contribution is 2.14. The summed E-state index contributed by atoms with van der Waals surface area (Å²) in [5, 5.41) is 3.67. The molecule has 20 heavy (non-hydrogen) atoms. The van der Waals surface area contributed by atoms with Crippen molar-refractivity contribution in [3.05, 3.63) is 0 Å². The smallest absolute Gasteiger partial charge is 0.0829 e. The third-order valence-corrected chi connectivity index (χ3v) is 4.55. The van der Waals surface area contributed by atoms with E-state index >= 15 is 0 Å². The fraction of sp³-hybridized carbons (Fsp3) is 1.00. The number of hydrogen-bond donors (Lipinski definition) is 1. The molecule has 0 aromatic rings. The number of nitrogens with one attached hydrogen (secondary N) is 1. The van der Waals surface area contributed by atoms with Crippen molar-refractivity contribution < 1.29 is 4.74 Å². The van der Waals surface area contributed by atoms with Gasteiger partial charge in [0.25, 0.3) is 0 Å². The molecule has 4 nitrogen and oxygen atoms in total. The second-order valence-electron chi connectivity index (χ2n) is 6.63. The number of ether oxygens (including phenoxy) is 1. The van der Waals surface area contributed by atoms with Gasteiger partial charge in [0, 0.05) is 38.3 Å².